The molecule has 2 heterocycles. The third kappa shape index (κ3) is 2.39. The predicted octanol–water partition coefficient (Wildman–Crippen LogP) is 3.98. The Labute approximate surface area is 115 Å². The van der Waals surface area contributed by atoms with Crippen LogP contribution in [0.1, 0.15) is 6.92 Å². The van der Waals surface area contributed by atoms with E-state index in [1.807, 2.05) is 31.2 Å². The van der Waals surface area contributed by atoms with Crippen molar-refractivity contribution in [2.45, 2.75) is 6.92 Å². The van der Waals surface area contributed by atoms with E-state index in [9.17, 15) is 0 Å². The fourth-order valence-corrected chi connectivity index (χ4v) is 2.09. The zero-order valence-corrected chi connectivity index (χ0v) is 11.1. The van der Waals surface area contributed by atoms with Crippen molar-refractivity contribution in [3.05, 3.63) is 41.7 Å². The lowest BCUT2D eigenvalue weighted by atomic mass is 10.2. The van der Waals surface area contributed by atoms with Crippen LogP contribution in [0.15, 0.2) is 41.1 Å². The van der Waals surface area contributed by atoms with Gasteiger partial charge in [-0.25, -0.2) is 9.97 Å². The van der Waals surface area contributed by atoms with E-state index in [0.717, 1.165) is 29.0 Å². The van der Waals surface area contributed by atoms with Crippen LogP contribution in [0.2, 0.25) is 5.02 Å². The number of furan rings is 1. The second-order valence-electron chi connectivity index (χ2n) is 4.11. The summed E-state index contributed by atoms with van der Waals surface area (Å²) in [5.41, 5.74) is 1.54. The molecule has 0 atom stereocenters. The van der Waals surface area contributed by atoms with Gasteiger partial charge in [-0.05, 0) is 31.2 Å². The van der Waals surface area contributed by atoms with Crippen LogP contribution in [-0.4, -0.2) is 16.5 Å². The van der Waals surface area contributed by atoms with Crippen LogP contribution in [0.4, 0.5) is 5.82 Å². The largest absolute Gasteiger partial charge is 0.454 e. The molecule has 0 spiro atoms. The number of rotatable bonds is 3. The molecule has 2 aromatic heterocycles. The van der Waals surface area contributed by atoms with Crippen molar-refractivity contribution in [3.8, 4) is 11.5 Å². The molecule has 0 aliphatic heterocycles. The molecule has 3 rings (SSSR count). The Morgan fingerprint density at radius 3 is 2.95 bits per heavy atom. The molecule has 0 saturated carbocycles. The van der Waals surface area contributed by atoms with Crippen LogP contribution in [0, 0.1) is 0 Å². The summed E-state index contributed by atoms with van der Waals surface area (Å²) in [6, 6.07) is 9.33. The molecule has 0 amide bonds. The Kier molecular flexibility index (Phi) is 3.09. The van der Waals surface area contributed by atoms with Gasteiger partial charge in [-0.3, -0.25) is 0 Å². The molecule has 96 valence electrons. The maximum Gasteiger partial charge on any atom is 0.153 e. The molecule has 0 aliphatic carbocycles. The Bertz CT molecular complexity index is 724. The van der Waals surface area contributed by atoms with Gasteiger partial charge in [-0.1, -0.05) is 11.6 Å². The first kappa shape index (κ1) is 12.0. The predicted molar refractivity (Wildman–Crippen MR) is 76.4 cm³/mol. The van der Waals surface area contributed by atoms with Gasteiger partial charge < -0.3 is 9.73 Å². The number of nitrogens with zero attached hydrogens (tertiary/aromatic N) is 2. The smallest absolute Gasteiger partial charge is 0.153 e. The second-order valence-corrected chi connectivity index (χ2v) is 4.55. The highest BCUT2D eigenvalue weighted by molar-refractivity contribution is 6.31. The first-order valence-corrected chi connectivity index (χ1v) is 6.39. The quantitative estimate of drug-likeness (QED) is 0.784. The van der Waals surface area contributed by atoms with E-state index >= 15 is 0 Å². The van der Waals surface area contributed by atoms with Gasteiger partial charge in [0, 0.05) is 23.0 Å². The summed E-state index contributed by atoms with van der Waals surface area (Å²) in [6.07, 6.45) is 1.52. The van der Waals surface area contributed by atoms with Crippen molar-refractivity contribution in [1.29, 1.82) is 0 Å². The van der Waals surface area contributed by atoms with Crippen molar-refractivity contribution >= 4 is 28.4 Å². The molecular weight excluding hydrogens is 262 g/mol. The van der Waals surface area contributed by atoms with E-state index < -0.39 is 0 Å². The van der Waals surface area contributed by atoms with E-state index in [4.69, 9.17) is 16.0 Å². The van der Waals surface area contributed by atoms with E-state index in [-0.39, 0.29) is 0 Å². The minimum atomic E-state index is 0.691. The molecule has 19 heavy (non-hydrogen) atoms. The summed E-state index contributed by atoms with van der Waals surface area (Å²) < 4.78 is 5.77. The summed E-state index contributed by atoms with van der Waals surface area (Å²) in [5, 5.41) is 4.80. The number of fused-ring (bicyclic) bond motifs is 1. The Hall–Kier alpha value is -2.07. The molecule has 0 saturated heterocycles. The Balaban J connectivity index is 2.05. The molecule has 1 aromatic carbocycles. The standard InChI is InChI=1S/C14H12ClN3O/c1-2-16-14-7-11(17-8-18-14)13-6-9-5-10(15)3-4-12(9)19-13/h3-8H,2H2,1H3,(H,16,17,18). The lowest BCUT2D eigenvalue weighted by molar-refractivity contribution is 0.628. The average Bonchev–Trinajstić information content (AvgIpc) is 2.82. The van der Waals surface area contributed by atoms with Crippen molar-refractivity contribution in [1.82, 2.24) is 9.97 Å². The molecule has 0 radical (unpaired) electrons. The molecular formula is C14H12ClN3O. The van der Waals surface area contributed by atoms with Gasteiger partial charge >= 0.3 is 0 Å². The molecule has 1 N–H and O–H groups in total. The van der Waals surface area contributed by atoms with E-state index in [0.29, 0.717) is 10.8 Å². The Morgan fingerprint density at radius 1 is 1.21 bits per heavy atom. The van der Waals surface area contributed by atoms with Crippen LogP contribution >= 0.6 is 11.6 Å². The highest BCUT2D eigenvalue weighted by Gasteiger charge is 2.08. The van der Waals surface area contributed by atoms with Gasteiger partial charge in [-0.2, -0.15) is 0 Å². The summed E-state index contributed by atoms with van der Waals surface area (Å²) >= 11 is 5.96. The van der Waals surface area contributed by atoms with Gasteiger partial charge in [0.1, 0.15) is 23.4 Å². The Morgan fingerprint density at radius 2 is 2.11 bits per heavy atom. The molecule has 0 fully saturated rings. The molecule has 0 aliphatic rings. The third-order valence-corrected chi connectivity index (χ3v) is 2.99. The highest BCUT2D eigenvalue weighted by Crippen LogP contribution is 2.28. The lowest BCUT2D eigenvalue weighted by Gasteiger charge is -2.02. The molecule has 0 unspecified atom stereocenters. The number of anilines is 1. The number of aromatic nitrogens is 2. The van der Waals surface area contributed by atoms with Crippen molar-refractivity contribution in [2.24, 2.45) is 0 Å². The van der Waals surface area contributed by atoms with Crippen molar-refractivity contribution in [3.63, 3.8) is 0 Å². The number of hydrogen-bond donors (Lipinski definition) is 1. The summed E-state index contributed by atoms with van der Waals surface area (Å²) in [4.78, 5) is 8.37. The van der Waals surface area contributed by atoms with E-state index in [1.165, 1.54) is 6.33 Å². The van der Waals surface area contributed by atoms with Gasteiger partial charge in [-0.15, -0.1) is 0 Å². The monoisotopic (exact) mass is 273 g/mol. The lowest BCUT2D eigenvalue weighted by Crippen LogP contribution is -1.99. The maximum absolute atomic E-state index is 5.96. The number of halogens is 1. The number of hydrogen-bond acceptors (Lipinski definition) is 4. The summed E-state index contributed by atoms with van der Waals surface area (Å²) in [5.74, 6) is 1.49. The highest BCUT2D eigenvalue weighted by atomic mass is 35.5. The van der Waals surface area contributed by atoms with Gasteiger partial charge in [0.05, 0.1) is 0 Å². The van der Waals surface area contributed by atoms with E-state index in [2.05, 4.69) is 15.3 Å². The maximum atomic E-state index is 5.96. The van der Waals surface area contributed by atoms with Gasteiger partial charge in [0.25, 0.3) is 0 Å². The first-order valence-electron chi connectivity index (χ1n) is 6.01. The summed E-state index contributed by atoms with van der Waals surface area (Å²) in [6.45, 7) is 2.83. The molecule has 4 nitrogen and oxygen atoms in total. The minimum Gasteiger partial charge on any atom is -0.454 e. The zero-order chi connectivity index (χ0) is 13.2. The minimum absolute atomic E-state index is 0.691. The fourth-order valence-electron chi connectivity index (χ4n) is 1.91. The number of benzene rings is 1. The second kappa shape index (κ2) is 4.90. The first-order chi connectivity index (χ1) is 9.26. The van der Waals surface area contributed by atoms with Crippen molar-refractivity contribution < 1.29 is 4.42 Å². The number of nitrogens with one attached hydrogen (secondary N) is 1. The normalized spacial score (nSPS) is 10.8. The van der Waals surface area contributed by atoms with Crippen LogP contribution in [0.25, 0.3) is 22.4 Å². The van der Waals surface area contributed by atoms with E-state index in [1.54, 1.807) is 6.07 Å². The molecule has 0 bridgehead atoms. The van der Waals surface area contributed by atoms with Gasteiger partial charge in [0.15, 0.2) is 5.76 Å². The third-order valence-electron chi connectivity index (χ3n) is 2.76. The summed E-state index contributed by atoms with van der Waals surface area (Å²) in [7, 11) is 0. The molecule has 5 heteroatoms. The van der Waals surface area contributed by atoms with Crippen LogP contribution in [-0.2, 0) is 0 Å². The zero-order valence-electron chi connectivity index (χ0n) is 10.4. The SMILES string of the molecule is CCNc1cc(-c2cc3cc(Cl)ccc3o2)ncn1. The van der Waals surface area contributed by atoms with Crippen LogP contribution in [0.5, 0.6) is 0 Å². The topological polar surface area (TPSA) is 51.0 Å². The van der Waals surface area contributed by atoms with Crippen molar-refractivity contribution in [2.75, 3.05) is 11.9 Å². The van der Waals surface area contributed by atoms with Crippen LogP contribution < -0.4 is 5.32 Å². The fraction of sp³-hybridized carbons (Fsp3) is 0.143. The van der Waals surface area contributed by atoms with Gasteiger partial charge in [0.2, 0.25) is 0 Å². The average molecular weight is 274 g/mol. The molecule has 3 aromatic rings. The van der Waals surface area contributed by atoms with Crippen LogP contribution in [0.3, 0.4) is 0 Å².